The molecule has 4 heteroatoms. The van der Waals surface area contributed by atoms with Gasteiger partial charge in [0.05, 0.1) is 12.2 Å². The van der Waals surface area contributed by atoms with E-state index in [-0.39, 0.29) is 6.10 Å². The zero-order valence-corrected chi connectivity index (χ0v) is 7.56. The van der Waals surface area contributed by atoms with Gasteiger partial charge < -0.3 is 4.74 Å². The first kappa shape index (κ1) is 9.52. The van der Waals surface area contributed by atoms with Crippen molar-refractivity contribution in [3.8, 4) is 0 Å². The van der Waals surface area contributed by atoms with Crippen molar-refractivity contribution in [2.75, 3.05) is 6.61 Å². The van der Waals surface area contributed by atoms with Crippen LogP contribution in [0.2, 0.25) is 0 Å². The largest absolute Gasteiger partial charge is 0.416 e. The van der Waals surface area contributed by atoms with E-state index in [0.717, 1.165) is 12.1 Å². The van der Waals surface area contributed by atoms with E-state index in [2.05, 4.69) is 0 Å². The van der Waals surface area contributed by atoms with Gasteiger partial charge in [0.1, 0.15) is 6.10 Å². The van der Waals surface area contributed by atoms with E-state index >= 15 is 0 Å². The maximum absolute atomic E-state index is 12.4. The Kier molecular flexibility index (Phi) is 2.03. The monoisotopic (exact) mass is 202 g/mol. The molecule has 0 radical (unpaired) electrons. The minimum absolute atomic E-state index is 0.129. The Balaban J connectivity index is 2.41. The number of halogens is 3. The highest BCUT2D eigenvalue weighted by atomic mass is 19.4. The molecule has 76 valence electrons. The molecule has 1 heterocycles. The Morgan fingerprint density at radius 1 is 1.29 bits per heavy atom. The van der Waals surface area contributed by atoms with E-state index in [1.54, 1.807) is 13.0 Å². The van der Waals surface area contributed by atoms with Gasteiger partial charge in [0.15, 0.2) is 0 Å². The summed E-state index contributed by atoms with van der Waals surface area (Å²) in [5.41, 5.74) is 0.644. The predicted octanol–water partition coefficient (Wildman–Crippen LogP) is 3.09. The summed E-state index contributed by atoms with van der Waals surface area (Å²) in [6, 6.07) is 4.03. The topological polar surface area (TPSA) is 12.5 Å². The fourth-order valence-corrected chi connectivity index (χ4v) is 1.40. The van der Waals surface area contributed by atoms with Crippen LogP contribution in [0.5, 0.6) is 0 Å². The predicted molar refractivity (Wildman–Crippen MR) is 44.9 cm³/mol. The number of epoxide rings is 1. The Hall–Kier alpha value is -1.03. The minimum atomic E-state index is -4.27. The van der Waals surface area contributed by atoms with E-state index in [1.165, 1.54) is 0 Å². The standard InChI is InChI=1S/C10H9F3O/c1-6-2-7(9-5-14-9)4-8(3-6)10(11,12)13/h2-4,9H,5H2,1H3. The van der Waals surface area contributed by atoms with Gasteiger partial charge in [0.2, 0.25) is 0 Å². The fourth-order valence-electron chi connectivity index (χ4n) is 1.40. The summed E-state index contributed by atoms with van der Waals surface area (Å²) in [6.45, 7) is 2.18. The third kappa shape index (κ3) is 1.90. The van der Waals surface area contributed by atoms with Crippen molar-refractivity contribution in [2.45, 2.75) is 19.2 Å². The van der Waals surface area contributed by atoms with E-state index < -0.39 is 11.7 Å². The van der Waals surface area contributed by atoms with Gasteiger partial charge in [-0.1, -0.05) is 11.6 Å². The molecule has 1 saturated heterocycles. The minimum Gasteiger partial charge on any atom is -0.368 e. The first-order valence-electron chi connectivity index (χ1n) is 4.27. The zero-order valence-electron chi connectivity index (χ0n) is 7.56. The highest BCUT2D eigenvalue weighted by molar-refractivity contribution is 5.33. The number of aryl methyl sites for hydroxylation is 1. The molecule has 2 rings (SSSR count). The van der Waals surface area contributed by atoms with Crippen LogP contribution in [0.4, 0.5) is 13.2 Å². The summed E-state index contributed by atoms with van der Waals surface area (Å²) < 4.78 is 42.1. The zero-order chi connectivity index (χ0) is 10.3. The van der Waals surface area contributed by atoms with Crippen molar-refractivity contribution in [1.29, 1.82) is 0 Å². The van der Waals surface area contributed by atoms with Crippen LogP contribution in [0, 0.1) is 6.92 Å². The maximum atomic E-state index is 12.4. The molecular weight excluding hydrogens is 193 g/mol. The molecule has 1 aliphatic heterocycles. The van der Waals surface area contributed by atoms with E-state index in [0.29, 0.717) is 17.7 Å². The van der Waals surface area contributed by atoms with Crippen LogP contribution in [0.15, 0.2) is 18.2 Å². The van der Waals surface area contributed by atoms with Crippen LogP contribution >= 0.6 is 0 Å². The second-order valence-corrected chi connectivity index (χ2v) is 3.45. The van der Waals surface area contributed by atoms with Crippen LogP contribution in [-0.4, -0.2) is 6.61 Å². The van der Waals surface area contributed by atoms with Crippen LogP contribution < -0.4 is 0 Å². The lowest BCUT2D eigenvalue weighted by Gasteiger charge is -2.09. The lowest BCUT2D eigenvalue weighted by atomic mass is 10.0. The van der Waals surface area contributed by atoms with Gasteiger partial charge in [0, 0.05) is 0 Å². The Morgan fingerprint density at radius 3 is 2.43 bits per heavy atom. The molecule has 0 amide bonds. The lowest BCUT2D eigenvalue weighted by Crippen LogP contribution is -2.06. The average Bonchev–Trinajstić information content (AvgIpc) is 2.83. The first-order valence-corrected chi connectivity index (χ1v) is 4.27. The number of benzene rings is 1. The second kappa shape index (κ2) is 2.98. The van der Waals surface area contributed by atoms with Crippen molar-refractivity contribution in [2.24, 2.45) is 0 Å². The van der Waals surface area contributed by atoms with Gasteiger partial charge in [-0.25, -0.2) is 0 Å². The molecule has 0 N–H and O–H groups in total. The summed E-state index contributed by atoms with van der Waals surface area (Å²) in [6.07, 6.45) is -4.40. The second-order valence-electron chi connectivity index (χ2n) is 3.45. The van der Waals surface area contributed by atoms with E-state index in [1.807, 2.05) is 0 Å². The Morgan fingerprint density at radius 2 is 1.93 bits per heavy atom. The molecule has 1 fully saturated rings. The molecule has 0 spiro atoms. The quantitative estimate of drug-likeness (QED) is 0.637. The molecule has 1 unspecified atom stereocenters. The van der Waals surface area contributed by atoms with E-state index in [4.69, 9.17) is 4.74 Å². The van der Waals surface area contributed by atoms with Crippen molar-refractivity contribution in [3.63, 3.8) is 0 Å². The van der Waals surface area contributed by atoms with Crippen LogP contribution in [0.25, 0.3) is 0 Å². The molecule has 14 heavy (non-hydrogen) atoms. The molecule has 0 aromatic heterocycles. The fraction of sp³-hybridized carbons (Fsp3) is 0.400. The van der Waals surface area contributed by atoms with Crippen LogP contribution in [-0.2, 0) is 10.9 Å². The van der Waals surface area contributed by atoms with Crippen molar-refractivity contribution in [1.82, 2.24) is 0 Å². The Bertz CT molecular complexity index is 353. The molecule has 0 bridgehead atoms. The molecular formula is C10H9F3O. The third-order valence-corrected chi connectivity index (χ3v) is 2.13. The summed E-state index contributed by atoms with van der Waals surface area (Å²) in [5.74, 6) is 0. The summed E-state index contributed by atoms with van der Waals surface area (Å²) in [5, 5.41) is 0. The number of hydrogen-bond donors (Lipinski definition) is 0. The molecule has 1 nitrogen and oxygen atoms in total. The van der Waals surface area contributed by atoms with E-state index in [9.17, 15) is 13.2 Å². The summed E-state index contributed by atoms with van der Waals surface area (Å²) >= 11 is 0. The first-order chi connectivity index (χ1) is 6.47. The highest BCUT2D eigenvalue weighted by Crippen LogP contribution is 2.36. The molecule has 0 aliphatic carbocycles. The van der Waals surface area contributed by atoms with Gasteiger partial charge in [-0.15, -0.1) is 0 Å². The molecule has 1 atom stereocenters. The van der Waals surface area contributed by atoms with Crippen molar-refractivity contribution < 1.29 is 17.9 Å². The van der Waals surface area contributed by atoms with Gasteiger partial charge >= 0.3 is 6.18 Å². The number of alkyl halides is 3. The smallest absolute Gasteiger partial charge is 0.368 e. The number of hydrogen-bond acceptors (Lipinski definition) is 1. The number of ether oxygens (including phenoxy) is 1. The SMILES string of the molecule is Cc1cc(C2CO2)cc(C(F)(F)F)c1. The summed E-state index contributed by atoms with van der Waals surface area (Å²) in [7, 11) is 0. The average molecular weight is 202 g/mol. The highest BCUT2D eigenvalue weighted by Gasteiger charge is 2.33. The third-order valence-electron chi connectivity index (χ3n) is 2.13. The van der Waals surface area contributed by atoms with Gasteiger partial charge in [-0.3, -0.25) is 0 Å². The lowest BCUT2D eigenvalue weighted by molar-refractivity contribution is -0.137. The normalized spacial score (nSPS) is 21.0. The molecule has 0 saturated carbocycles. The van der Waals surface area contributed by atoms with Crippen molar-refractivity contribution in [3.05, 3.63) is 34.9 Å². The van der Waals surface area contributed by atoms with Crippen LogP contribution in [0.3, 0.4) is 0 Å². The van der Waals surface area contributed by atoms with Crippen LogP contribution in [0.1, 0.15) is 22.8 Å². The molecule has 1 aromatic rings. The van der Waals surface area contributed by atoms with Gasteiger partial charge in [0.25, 0.3) is 0 Å². The maximum Gasteiger partial charge on any atom is 0.416 e. The van der Waals surface area contributed by atoms with Crippen molar-refractivity contribution >= 4 is 0 Å². The summed E-state index contributed by atoms with van der Waals surface area (Å²) in [4.78, 5) is 0. The number of rotatable bonds is 1. The van der Waals surface area contributed by atoms with Gasteiger partial charge in [-0.2, -0.15) is 13.2 Å². The Labute approximate surface area is 79.5 Å². The van der Waals surface area contributed by atoms with Gasteiger partial charge in [-0.05, 0) is 24.6 Å². The molecule has 1 aromatic carbocycles. The molecule has 1 aliphatic rings.